The molecule has 0 spiro atoms. The maximum absolute atomic E-state index is 9.66. The fourth-order valence-corrected chi connectivity index (χ4v) is 6.31. The number of rotatable bonds is 13. The zero-order chi connectivity index (χ0) is 19.3. The number of allylic oxidation sites excluding steroid dienone is 3. The predicted octanol–water partition coefficient (Wildman–Crippen LogP) is 3.22. The molecule has 25 heavy (non-hydrogen) atoms. The van der Waals surface area contributed by atoms with Gasteiger partial charge < -0.3 is 0 Å². The zero-order valence-electron chi connectivity index (χ0n) is 16.1. The van der Waals surface area contributed by atoms with Gasteiger partial charge >= 0.3 is 154 Å². The molecule has 0 unspecified atom stereocenters. The van der Waals surface area contributed by atoms with Crippen molar-refractivity contribution in [2.75, 3.05) is 19.8 Å². The Morgan fingerprint density at radius 2 is 1.32 bits per heavy atom. The third kappa shape index (κ3) is 11.0. The second-order valence-electron chi connectivity index (χ2n) is 5.32. The van der Waals surface area contributed by atoms with Crippen molar-refractivity contribution in [3.63, 3.8) is 0 Å². The molecule has 0 aliphatic heterocycles. The second-order valence-corrected chi connectivity index (χ2v) is 9.49. The van der Waals surface area contributed by atoms with Crippen LogP contribution in [0.5, 0.6) is 0 Å². The molecule has 0 saturated heterocycles. The average molecular weight is 421 g/mol. The van der Waals surface area contributed by atoms with E-state index in [1.807, 2.05) is 13.8 Å². The molecule has 0 atom stereocenters. The van der Waals surface area contributed by atoms with E-state index in [1.54, 1.807) is 27.7 Å². The van der Waals surface area contributed by atoms with Crippen LogP contribution in [0.15, 0.2) is 23.7 Å². The van der Waals surface area contributed by atoms with Crippen molar-refractivity contribution in [1.82, 2.24) is 0 Å². The summed E-state index contributed by atoms with van der Waals surface area (Å²) in [6.45, 7) is 11.8. The van der Waals surface area contributed by atoms with E-state index in [0.29, 0.717) is 31.3 Å². The van der Waals surface area contributed by atoms with Gasteiger partial charge in [0.25, 0.3) is 0 Å². The molecule has 0 radical (unpaired) electrons. The van der Waals surface area contributed by atoms with Crippen LogP contribution < -0.4 is 0 Å². The van der Waals surface area contributed by atoms with Gasteiger partial charge in [0.05, 0.1) is 0 Å². The van der Waals surface area contributed by atoms with Crippen molar-refractivity contribution in [2.45, 2.75) is 54.4 Å². The molecule has 0 aliphatic carbocycles. The van der Waals surface area contributed by atoms with E-state index in [2.05, 4.69) is 0 Å². The molecule has 0 aliphatic rings. The van der Waals surface area contributed by atoms with Gasteiger partial charge in [-0.25, -0.2) is 0 Å². The van der Waals surface area contributed by atoms with Gasteiger partial charge in [0.2, 0.25) is 0 Å². The topological polar surface area (TPSA) is 89.0 Å². The van der Waals surface area contributed by atoms with E-state index < -0.39 is 14.6 Å². The van der Waals surface area contributed by atoms with Crippen LogP contribution in [0, 0.1) is 0 Å². The molecule has 0 heterocycles. The van der Waals surface area contributed by atoms with E-state index in [1.165, 1.54) is 12.2 Å². The Hall–Kier alpha value is -1.32. The first-order chi connectivity index (χ1) is 11.8. The van der Waals surface area contributed by atoms with Crippen LogP contribution in [-0.4, -0.2) is 55.8 Å². The molecule has 7 nitrogen and oxygen atoms in total. The molecule has 0 amide bonds. The van der Waals surface area contributed by atoms with Crippen molar-refractivity contribution < 1.29 is 29.4 Å². The fourth-order valence-electron chi connectivity index (χ4n) is 1.75. The molecule has 0 aromatic heterocycles. The number of ketones is 1. The Balaban J connectivity index is 5.48. The normalized spacial score (nSPS) is 12.7. The molecule has 0 rings (SSSR count). The van der Waals surface area contributed by atoms with Crippen molar-refractivity contribution in [3.8, 4) is 0 Å². The Bertz CT molecular complexity index is 477. The van der Waals surface area contributed by atoms with E-state index in [-0.39, 0.29) is 11.8 Å². The summed E-state index contributed by atoms with van der Waals surface area (Å²) in [5.74, 6) is 0.636. The Morgan fingerprint density at radius 1 is 0.840 bits per heavy atom. The Morgan fingerprint density at radius 3 is 1.72 bits per heavy atom. The zero-order valence-corrected chi connectivity index (χ0v) is 18.2. The quantitative estimate of drug-likeness (QED) is 0.150. The maximum atomic E-state index is 9.66. The van der Waals surface area contributed by atoms with Gasteiger partial charge in [-0.05, 0) is 0 Å². The van der Waals surface area contributed by atoms with Crippen LogP contribution in [0.3, 0.4) is 0 Å². The predicted molar refractivity (Wildman–Crippen MR) is 99.1 cm³/mol. The van der Waals surface area contributed by atoms with E-state index in [4.69, 9.17) is 19.8 Å². The summed E-state index contributed by atoms with van der Waals surface area (Å²) in [4.78, 5) is 19.1. The summed E-state index contributed by atoms with van der Waals surface area (Å²) in [6, 6.07) is 0. The van der Waals surface area contributed by atoms with Crippen molar-refractivity contribution in [1.29, 1.82) is 0 Å². The summed E-state index contributed by atoms with van der Waals surface area (Å²) >= 11 is -4.17. The number of hydrogen-bond donors (Lipinski definition) is 0. The van der Waals surface area contributed by atoms with Gasteiger partial charge in [-0.15, -0.1) is 0 Å². The van der Waals surface area contributed by atoms with Crippen molar-refractivity contribution in [2.24, 2.45) is 0 Å². The molecule has 8 heteroatoms. The number of esters is 1. The van der Waals surface area contributed by atoms with Crippen LogP contribution in [-0.2, 0) is 19.8 Å². The van der Waals surface area contributed by atoms with Crippen molar-refractivity contribution in [3.05, 3.63) is 23.7 Å². The molecular weight excluding hydrogens is 389 g/mol. The molecule has 0 aromatic rings. The standard InChI is InChI=1S/C17H30GeO7/c1-7-10-22-18(23-11-8-2,24-15(5)12-14(4)19)25-16(6)13-17(20)21-9-3/h12-13H,7-11H2,1-6H3/p+2. The number of hydrogen-bond acceptors (Lipinski definition) is 5. The molecule has 0 aromatic carbocycles. The van der Waals surface area contributed by atoms with E-state index in [0.717, 1.165) is 12.8 Å². The summed E-state index contributed by atoms with van der Waals surface area (Å²) in [5, 5.41) is 0. The van der Waals surface area contributed by atoms with Gasteiger partial charge in [-0.2, -0.15) is 0 Å². The Labute approximate surface area is 154 Å². The number of carbonyl (C=O) groups excluding carboxylic acids is 2. The third-order valence-electron chi connectivity index (χ3n) is 2.57. The number of ether oxygens (including phenoxy) is 1. The molecular formula is C17H32GeO7+2. The van der Waals surface area contributed by atoms with Gasteiger partial charge in [0.15, 0.2) is 0 Å². The van der Waals surface area contributed by atoms with Gasteiger partial charge in [-0.3, -0.25) is 0 Å². The van der Waals surface area contributed by atoms with Gasteiger partial charge in [0, 0.05) is 0 Å². The molecule has 144 valence electrons. The monoisotopic (exact) mass is 422 g/mol. The summed E-state index contributed by atoms with van der Waals surface area (Å²) in [5.41, 5.74) is 0. The third-order valence-corrected chi connectivity index (χ3v) is 7.31. The van der Waals surface area contributed by atoms with Crippen LogP contribution in [0.1, 0.15) is 54.4 Å². The average Bonchev–Trinajstić information content (AvgIpc) is 2.50. The second kappa shape index (κ2) is 13.0. The summed E-state index contributed by atoms with van der Waals surface area (Å²) in [6.07, 6.45) is 4.35. The first-order valence-corrected chi connectivity index (χ1v) is 11.9. The van der Waals surface area contributed by atoms with Gasteiger partial charge in [-0.1, -0.05) is 0 Å². The van der Waals surface area contributed by atoms with Crippen LogP contribution in [0.2, 0.25) is 0 Å². The minimum absolute atomic E-state index is 0.106. The van der Waals surface area contributed by atoms with Crippen LogP contribution >= 0.6 is 0 Å². The fraction of sp³-hybridized carbons (Fsp3) is 0.647. The SMILES string of the molecule is CCC[O][Ge]([O]CCC)([O]C(C)=CC(C)=[OH+])[O]C(C)=CC(=[OH+])OCC. The van der Waals surface area contributed by atoms with Crippen LogP contribution in [0.25, 0.3) is 0 Å². The van der Waals surface area contributed by atoms with Crippen molar-refractivity contribution >= 4 is 26.4 Å². The van der Waals surface area contributed by atoms with Crippen LogP contribution in [0.4, 0.5) is 0 Å². The molecule has 0 fully saturated rings. The molecule has 2 N–H and O–H groups in total. The molecule has 0 bridgehead atoms. The molecule has 0 saturated carbocycles. The first-order valence-electron chi connectivity index (χ1n) is 8.52. The van der Waals surface area contributed by atoms with E-state index in [9.17, 15) is 9.59 Å². The first kappa shape index (κ1) is 23.7. The summed E-state index contributed by atoms with van der Waals surface area (Å²) < 4.78 is 28.5. The summed E-state index contributed by atoms with van der Waals surface area (Å²) in [7, 11) is 0. The van der Waals surface area contributed by atoms with Gasteiger partial charge in [0.1, 0.15) is 0 Å². The van der Waals surface area contributed by atoms with E-state index >= 15 is 0 Å². The minimum atomic E-state index is -4.17. The Kier molecular flexibility index (Phi) is 12.3.